The molecule has 1 heterocycles. The molecule has 2 rings (SSSR count). The van der Waals surface area contributed by atoms with Gasteiger partial charge in [-0.3, -0.25) is 9.69 Å². The van der Waals surface area contributed by atoms with Crippen LogP contribution in [-0.4, -0.2) is 35.2 Å². The van der Waals surface area contributed by atoms with E-state index in [4.69, 9.17) is 21.4 Å². The topological polar surface area (TPSA) is 66.8 Å². The van der Waals surface area contributed by atoms with Gasteiger partial charge in [-0.1, -0.05) is 17.7 Å². The van der Waals surface area contributed by atoms with E-state index in [-0.39, 0.29) is 17.1 Å². The second kappa shape index (κ2) is 4.81. The maximum absolute atomic E-state index is 13.6. The van der Waals surface area contributed by atoms with Crippen molar-refractivity contribution >= 4 is 23.7 Å². The third-order valence-electron chi connectivity index (χ3n) is 2.54. The lowest BCUT2D eigenvalue weighted by Crippen LogP contribution is -2.30. The van der Waals surface area contributed by atoms with Crippen LogP contribution >= 0.6 is 11.6 Å². The van der Waals surface area contributed by atoms with Crippen molar-refractivity contribution in [3.63, 3.8) is 0 Å². The van der Waals surface area contributed by atoms with Crippen LogP contribution in [0.3, 0.4) is 0 Å². The van der Waals surface area contributed by atoms with E-state index in [0.717, 1.165) is 4.90 Å². The van der Waals surface area contributed by atoms with Crippen LogP contribution in [0.2, 0.25) is 5.02 Å². The molecule has 5 nitrogen and oxygen atoms in total. The highest BCUT2D eigenvalue weighted by Gasteiger charge is 2.35. The summed E-state index contributed by atoms with van der Waals surface area (Å²) in [6, 6.07) is 4.12. The van der Waals surface area contributed by atoms with Crippen LogP contribution in [0.15, 0.2) is 18.2 Å². The number of halogens is 2. The van der Waals surface area contributed by atoms with Crippen LogP contribution in [-0.2, 0) is 9.53 Å². The number of hydrogen-bond donors (Lipinski definition) is 1. The summed E-state index contributed by atoms with van der Waals surface area (Å²) < 4.78 is 18.5. The predicted molar refractivity (Wildman–Crippen MR) is 59.8 cm³/mol. The fraction of sp³-hybridized carbons (Fsp3) is 0.273. The van der Waals surface area contributed by atoms with Crippen LogP contribution in [0.25, 0.3) is 0 Å². The Morgan fingerprint density at radius 3 is 2.94 bits per heavy atom. The number of amides is 1. The minimum absolute atomic E-state index is 0.0359. The summed E-state index contributed by atoms with van der Waals surface area (Å²) in [5.74, 6) is -1.75. The molecule has 96 valence electrons. The first kappa shape index (κ1) is 12.6. The molecule has 1 fully saturated rings. The van der Waals surface area contributed by atoms with Crippen molar-refractivity contribution < 1.29 is 23.8 Å². The number of carboxylic acids is 1. The van der Waals surface area contributed by atoms with Gasteiger partial charge in [-0.25, -0.2) is 9.18 Å². The zero-order valence-corrected chi connectivity index (χ0v) is 9.85. The van der Waals surface area contributed by atoms with Crippen LogP contribution < -0.4 is 0 Å². The lowest BCUT2D eigenvalue weighted by Gasteiger charge is -2.11. The molecule has 1 atom stereocenters. The number of carbonyl (C=O) groups excluding carboxylic acids is 1. The van der Waals surface area contributed by atoms with Crippen LogP contribution in [0.4, 0.5) is 9.18 Å². The molecule has 0 aromatic heterocycles. The van der Waals surface area contributed by atoms with Gasteiger partial charge in [0, 0.05) is 5.56 Å². The normalized spacial score (nSPS) is 18.9. The maximum Gasteiger partial charge on any atom is 0.411 e. The fourth-order valence-corrected chi connectivity index (χ4v) is 2.05. The first-order valence-electron chi connectivity index (χ1n) is 5.10. The molecular weight excluding hydrogens is 265 g/mol. The van der Waals surface area contributed by atoms with Gasteiger partial charge in [0.25, 0.3) is 0 Å². The lowest BCUT2D eigenvalue weighted by molar-refractivity contribution is -0.137. The van der Waals surface area contributed by atoms with Crippen molar-refractivity contribution in [1.29, 1.82) is 0 Å². The molecule has 0 saturated carbocycles. The fourth-order valence-electron chi connectivity index (χ4n) is 1.77. The number of benzene rings is 1. The number of ether oxygens (including phenoxy) is 1. The number of carboxylic acid groups (broad SMARTS) is 1. The molecule has 1 aliphatic heterocycles. The van der Waals surface area contributed by atoms with Gasteiger partial charge in [0.05, 0.1) is 11.6 Å². The Labute approximate surface area is 107 Å². The van der Waals surface area contributed by atoms with E-state index < -0.39 is 30.5 Å². The quantitative estimate of drug-likeness (QED) is 0.915. The summed E-state index contributed by atoms with van der Waals surface area (Å²) in [5.41, 5.74) is 0.0698. The van der Waals surface area contributed by atoms with Crippen molar-refractivity contribution in [2.75, 3.05) is 13.1 Å². The standard InChI is InChI=1S/C11H9ClFNO4/c12-6-2-1-3-7(13)10(6)8-4-14(5-9(15)16)11(17)18-8/h1-3,8H,4-5H2,(H,15,16). The summed E-state index contributed by atoms with van der Waals surface area (Å²) in [6.45, 7) is -0.521. The Morgan fingerprint density at radius 2 is 2.33 bits per heavy atom. The van der Waals surface area contributed by atoms with Gasteiger partial charge in [0.15, 0.2) is 6.10 Å². The van der Waals surface area contributed by atoms with Gasteiger partial charge in [-0.15, -0.1) is 0 Å². The van der Waals surface area contributed by atoms with Crippen LogP contribution in [0.1, 0.15) is 11.7 Å². The van der Waals surface area contributed by atoms with Crippen molar-refractivity contribution in [3.05, 3.63) is 34.6 Å². The van der Waals surface area contributed by atoms with E-state index in [2.05, 4.69) is 0 Å². The van der Waals surface area contributed by atoms with E-state index in [1.807, 2.05) is 0 Å². The Morgan fingerprint density at radius 1 is 1.61 bits per heavy atom. The van der Waals surface area contributed by atoms with Crippen molar-refractivity contribution in [3.8, 4) is 0 Å². The zero-order valence-electron chi connectivity index (χ0n) is 9.10. The van der Waals surface area contributed by atoms with Gasteiger partial charge < -0.3 is 9.84 Å². The van der Waals surface area contributed by atoms with E-state index in [0.29, 0.717) is 0 Å². The number of nitrogens with zero attached hydrogens (tertiary/aromatic N) is 1. The molecule has 1 aromatic rings. The first-order chi connectivity index (χ1) is 8.49. The van der Waals surface area contributed by atoms with Crippen molar-refractivity contribution in [2.45, 2.75) is 6.10 Å². The monoisotopic (exact) mass is 273 g/mol. The van der Waals surface area contributed by atoms with Gasteiger partial charge in [0.1, 0.15) is 12.4 Å². The lowest BCUT2D eigenvalue weighted by atomic mass is 10.1. The highest BCUT2D eigenvalue weighted by Crippen LogP contribution is 2.32. The molecule has 0 bridgehead atoms. The molecule has 1 N–H and O–H groups in total. The van der Waals surface area contributed by atoms with Gasteiger partial charge in [-0.2, -0.15) is 0 Å². The maximum atomic E-state index is 13.6. The molecule has 7 heteroatoms. The summed E-state index contributed by atoms with van der Waals surface area (Å²) >= 11 is 5.84. The second-order valence-corrected chi connectivity index (χ2v) is 4.19. The summed E-state index contributed by atoms with van der Waals surface area (Å²) in [7, 11) is 0. The molecule has 1 saturated heterocycles. The van der Waals surface area contributed by atoms with Gasteiger partial charge in [0.2, 0.25) is 0 Å². The molecule has 1 aromatic carbocycles. The molecule has 1 aliphatic rings. The number of aliphatic carboxylic acids is 1. The molecule has 0 aliphatic carbocycles. The van der Waals surface area contributed by atoms with Gasteiger partial charge in [-0.05, 0) is 12.1 Å². The number of hydrogen-bond acceptors (Lipinski definition) is 3. The summed E-state index contributed by atoms with van der Waals surface area (Å²) in [6.07, 6.45) is -1.67. The number of carbonyl (C=O) groups is 2. The zero-order chi connectivity index (χ0) is 13.3. The number of cyclic esters (lactones) is 1. The minimum Gasteiger partial charge on any atom is -0.480 e. The number of rotatable bonds is 3. The second-order valence-electron chi connectivity index (χ2n) is 3.78. The van der Waals surface area contributed by atoms with Crippen molar-refractivity contribution in [1.82, 2.24) is 4.90 Å². The third-order valence-corrected chi connectivity index (χ3v) is 2.86. The average Bonchev–Trinajstić information content (AvgIpc) is 2.59. The van der Waals surface area contributed by atoms with E-state index in [9.17, 15) is 14.0 Å². The Hall–Kier alpha value is -1.82. The van der Waals surface area contributed by atoms with Crippen LogP contribution in [0.5, 0.6) is 0 Å². The molecular formula is C11H9ClFNO4. The van der Waals surface area contributed by atoms with Gasteiger partial charge >= 0.3 is 12.1 Å². The molecule has 18 heavy (non-hydrogen) atoms. The summed E-state index contributed by atoms with van der Waals surface area (Å²) in [4.78, 5) is 22.9. The Balaban J connectivity index is 2.22. The molecule has 1 amide bonds. The third kappa shape index (κ3) is 2.38. The highest BCUT2D eigenvalue weighted by molar-refractivity contribution is 6.31. The summed E-state index contributed by atoms with van der Waals surface area (Å²) in [5, 5.41) is 8.75. The largest absolute Gasteiger partial charge is 0.480 e. The van der Waals surface area contributed by atoms with E-state index >= 15 is 0 Å². The Bertz CT molecular complexity index is 488. The molecule has 0 radical (unpaired) electrons. The predicted octanol–water partition coefficient (Wildman–Crippen LogP) is 2.06. The average molecular weight is 274 g/mol. The van der Waals surface area contributed by atoms with Crippen LogP contribution in [0, 0.1) is 5.82 Å². The Kier molecular flexibility index (Phi) is 3.38. The highest BCUT2D eigenvalue weighted by atomic mass is 35.5. The van der Waals surface area contributed by atoms with E-state index in [1.54, 1.807) is 0 Å². The smallest absolute Gasteiger partial charge is 0.411 e. The molecule has 1 unspecified atom stereocenters. The van der Waals surface area contributed by atoms with E-state index in [1.165, 1.54) is 18.2 Å². The molecule has 0 spiro atoms. The SMILES string of the molecule is O=C(O)CN1CC(c2c(F)cccc2Cl)OC1=O. The first-order valence-corrected chi connectivity index (χ1v) is 5.48. The minimum atomic E-state index is -1.16. The van der Waals surface area contributed by atoms with Crippen molar-refractivity contribution in [2.24, 2.45) is 0 Å².